The van der Waals surface area contributed by atoms with E-state index in [1.807, 2.05) is 36.4 Å². The summed E-state index contributed by atoms with van der Waals surface area (Å²) in [5.41, 5.74) is 2.82. The van der Waals surface area contributed by atoms with Crippen LogP contribution >= 0.6 is 0 Å². The van der Waals surface area contributed by atoms with Gasteiger partial charge in [-0.1, -0.05) is 48.0 Å². The second-order valence-corrected chi connectivity index (χ2v) is 5.07. The molecule has 0 spiro atoms. The zero-order valence-electron chi connectivity index (χ0n) is 11.8. The number of benzene rings is 3. The van der Waals surface area contributed by atoms with Gasteiger partial charge in [0.25, 0.3) is 0 Å². The van der Waals surface area contributed by atoms with Gasteiger partial charge in [0.1, 0.15) is 12.4 Å². The molecule has 0 aromatic heterocycles. The van der Waals surface area contributed by atoms with Gasteiger partial charge in [-0.2, -0.15) is 5.26 Å². The molecule has 3 rings (SSSR count). The summed E-state index contributed by atoms with van der Waals surface area (Å²) in [6.07, 6.45) is 0. The Kier molecular flexibility index (Phi) is 3.57. The molecule has 0 N–H and O–H groups in total. The highest BCUT2D eigenvalue weighted by atomic mass is 16.5. The lowest BCUT2D eigenvalue weighted by atomic mass is 10.1. The second kappa shape index (κ2) is 5.68. The van der Waals surface area contributed by atoms with Crippen molar-refractivity contribution >= 4 is 10.8 Å². The Morgan fingerprint density at radius 2 is 1.71 bits per heavy atom. The Hall–Kier alpha value is -2.79. The van der Waals surface area contributed by atoms with E-state index in [1.165, 1.54) is 10.9 Å². The summed E-state index contributed by atoms with van der Waals surface area (Å²) in [4.78, 5) is 0. The molecule has 0 atom stereocenters. The number of hydrogen-bond donors (Lipinski definition) is 0. The lowest BCUT2D eigenvalue weighted by Crippen LogP contribution is -1.98. The highest BCUT2D eigenvalue weighted by molar-refractivity contribution is 5.84. The zero-order chi connectivity index (χ0) is 14.7. The third-order valence-electron chi connectivity index (χ3n) is 3.50. The molecular weight excluding hydrogens is 258 g/mol. The van der Waals surface area contributed by atoms with Crippen LogP contribution in [-0.2, 0) is 6.61 Å². The second-order valence-electron chi connectivity index (χ2n) is 5.07. The third kappa shape index (κ3) is 2.88. The molecule has 0 radical (unpaired) electrons. The first kappa shape index (κ1) is 13.2. The Bertz CT molecular complexity index is 830. The fourth-order valence-electron chi connectivity index (χ4n) is 2.35. The number of hydrogen-bond acceptors (Lipinski definition) is 2. The van der Waals surface area contributed by atoms with Crippen molar-refractivity contribution in [2.75, 3.05) is 0 Å². The van der Waals surface area contributed by atoms with E-state index in [0.717, 1.165) is 16.7 Å². The molecule has 0 aliphatic carbocycles. The molecule has 0 bridgehead atoms. The summed E-state index contributed by atoms with van der Waals surface area (Å²) >= 11 is 0. The molecule has 0 unspecified atom stereocenters. The summed E-state index contributed by atoms with van der Waals surface area (Å²) < 4.78 is 5.82. The van der Waals surface area contributed by atoms with Gasteiger partial charge in [0.2, 0.25) is 0 Å². The quantitative estimate of drug-likeness (QED) is 0.698. The average Bonchev–Trinajstić information content (AvgIpc) is 2.53. The van der Waals surface area contributed by atoms with Gasteiger partial charge in [0.05, 0.1) is 11.6 Å². The molecule has 0 aliphatic heterocycles. The van der Waals surface area contributed by atoms with Crippen molar-refractivity contribution in [3.8, 4) is 11.8 Å². The first-order valence-electron chi connectivity index (χ1n) is 6.87. The Morgan fingerprint density at radius 3 is 2.57 bits per heavy atom. The number of nitriles is 1. The summed E-state index contributed by atoms with van der Waals surface area (Å²) in [7, 11) is 0. The molecule has 2 nitrogen and oxygen atoms in total. The number of nitrogens with zero attached hydrogens (tertiary/aromatic N) is 1. The molecule has 102 valence electrons. The van der Waals surface area contributed by atoms with Gasteiger partial charge in [0, 0.05) is 5.56 Å². The summed E-state index contributed by atoms with van der Waals surface area (Å²) in [5.74, 6) is 0.819. The minimum absolute atomic E-state index is 0.404. The summed E-state index contributed by atoms with van der Waals surface area (Å²) in [6.45, 7) is 2.49. The van der Waals surface area contributed by atoms with Crippen LogP contribution in [0.25, 0.3) is 10.8 Å². The van der Waals surface area contributed by atoms with Gasteiger partial charge in [-0.25, -0.2) is 0 Å². The minimum Gasteiger partial charge on any atom is -0.489 e. The number of fused-ring (bicyclic) bond motifs is 1. The molecule has 3 aromatic carbocycles. The molecule has 21 heavy (non-hydrogen) atoms. The van der Waals surface area contributed by atoms with Gasteiger partial charge in [0.15, 0.2) is 0 Å². The molecular formula is C19H15NO. The molecule has 0 heterocycles. The smallest absolute Gasteiger partial charge is 0.120 e. The van der Waals surface area contributed by atoms with Gasteiger partial charge in [-0.3, -0.25) is 0 Å². The molecule has 0 aliphatic rings. The highest BCUT2D eigenvalue weighted by Crippen LogP contribution is 2.23. The van der Waals surface area contributed by atoms with Crippen molar-refractivity contribution in [2.45, 2.75) is 13.5 Å². The van der Waals surface area contributed by atoms with E-state index in [-0.39, 0.29) is 0 Å². The van der Waals surface area contributed by atoms with Gasteiger partial charge in [-0.05, 0) is 35.9 Å². The minimum atomic E-state index is 0.404. The van der Waals surface area contributed by atoms with Crippen LogP contribution in [0, 0.1) is 18.3 Å². The van der Waals surface area contributed by atoms with Crippen LogP contribution in [0.1, 0.15) is 16.7 Å². The average molecular weight is 273 g/mol. The van der Waals surface area contributed by atoms with Gasteiger partial charge < -0.3 is 4.74 Å². The van der Waals surface area contributed by atoms with Crippen molar-refractivity contribution in [3.63, 3.8) is 0 Å². The summed E-state index contributed by atoms with van der Waals surface area (Å²) in [6, 6.07) is 22.1. The van der Waals surface area contributed by atoms with Crippen molar-refractivity contribution in [3.05, 3.63) is 77.4 Å². The van der Waals surface area contributed by atoms with Crippen LogP contribution in [0.3, 0.4) is 0 Å². The Balaban J connectivity index is 1.82. The van der Waals surface area contributed by atoms with Crippen LogP contribution in [0.2, 0.25) is 0 Å². The van der Waals surface area contributed by atoms with Gasteiger partial charge in [-0.15, -0.1) is 0 Å². The fourth-order valence-corrected chi connectivity index (χ4v) is 2.35. The van der Waals surface area contributed by atoms with E-state index in [1.54, 1.807) is 0 Å². The van der Waals surface area contributed by atoms with E-state index in [2.05, 4.69) is 37.3 Å². The number of aryl methyl sites for hydroxylation is 1. The van der Waals surface area contributed by atoms with Crippen LogP contribution in [-0.4, -0.2) is 0 Å². The van der Waals surface area contributed by atoms with E-state index < -0.39 is 0 Å². The SMILES string of the molecule is Cc1ccc2cc(OCc3ccccc3C#N)ccc2c1. The number of rotatable bonds is 3. The van der Waals surface area contributed by atoms with Crippen LogP contribution in [0.5, 0.6) is 5.75 Å². The Labute approximate surface area is 124 Å². The highest BCUT2D eigenvalue weighted by Gasteiger charge is 2.03. The monoisotopic (exact) mass is 273 g/mol. The van der Waals surface area contributed by atoms with E-state index >= 15 is 0 Å². The summed E-state index contributed by atoms with van der Waals surface area (Å²) in [5, 5.41) is 11.4. The molecule has 2 heteroatoms. The normalized spacial score (nSPS) is 10.3. The standard InChI is InChI=1S/C19H15NO/c1-14-6-7-16-11-19(9-8-15(16)10-14)21-13-18-5-3-2-4-17(18)12-20/h2-11H,13H2,1H3. The zero-order valence-corrected chi connectivity index (χ0v) is 11.8. The van der Waals surface area contributed by atoms with Crippen molar-refractivity contribution in [2.24, 2.45) is 0 Å². The van der Waals surface area contributed by atoms with E-state index in [0.29, 0.717) is 12.2 Å². The Morgan fingerprint density at radius 1 is 0.952 bits per heavy atom. The molecule has 0 saturated heterocycles. The predicted molar refractivity (Wildman–Crippen MR) is 84.2 cm³/mol. The van der Waals surface area contributed by atoms with Crippen LogP contribution in [0.4, 0.5) is 0 Å². The van der Waals surface area contributed by atoms with Crippen LogP contribution in [0.15, 0.2) is 60.7 Å². The van der Waals surface area contributed by atoms with Crippen LogP contribution < -0.4 is 4.74 Å². The first-order chi connectivity index (χ1) is 10.3. The maximum atomic E-state index is 9.08. The molecule has 3 aromatic rings. The van der Waals surface area contributed by atoms with Crippen molar-refractivity contribution in [1.82, 2.24) is 0 Å². The van der Waals surface area contributed by atoms with Crippen molar-refractivity contribution in [1.29, 1.82) is 5.26 Å². The van der Waals surface area contributed by atoms with Crippen molar-refractivity contribution < 1.29 is 4.74 Å². The lowest BCUT2D eigenvalue weighted by molar-refractivity contribution is 0.306. The first-order valence-corrected chi connectivity index (χ1v) is 6.87. The predicted octanol–water partition coefficient (Wildman–Crippen LogP) is 4.60. The maximum absolute atomic E-state index is 9.08. The topological polar surface area (TPSA) is 33.0 Å². The third-order valence-corrected chi connectivity index (χ3v) is 3.50. The maximum Gasteiger partial charge on any atom is 0.120 e. The van der Waals surface area contributed by atoms with E-state index in [4.69, 9.17) is 10.00 Å². The number of ether oxygens (including phenoxy) is 1. The molecule has 0 saturated carbocycles. The largest absolute Gasteiger partial charge is 0.489 e. The van der Waals surface area contributed by atoms with E-state index in [9.17, 15) is 0 Å². The molecule has 0 fully saturated rings. The molecule has 0 amide bonds. The van der Waals surface area contributed by atoms with Gasteiger partial charge >= 0.3 is 0 Å². The fraction of sp³-hybridized carbons (Fsp3) is 0.105. The lowest BCUT2D eigenvalue weighted by Gasteiger charge is -2.09.